The second-order valence-corrected chi connectivity index (χ2v) is 29.5. The van der Waals surface area contributed by atoms with Crippen LogP contribution in [-0.4, -0.2) is 96.7 Å². The lowest BCUT2D eigenvalue weighted by Gasteiger charge is -2.21. The van der Waals surface area contributed by atoms with Gasteiger partial charge in [-0.1, -0.05) is 305 Å². The van der Waals surface area contributed by atoms with E-state index in [0.29, 0.717) is 25.7 Å². The molecule has 0 bridgehead atoms. The van der Waals surface area contributed by atoms with Crippen molar-refractivity contribution >= 4 is 39.5 Å². The van der Waals surface area contributed by atoms with Crippen LogP contribution < -0.4 is 0 Å². The second-order valence-electron chi connectivity index (χ2n) is 26.6. The number of hydrogen-bond donors (Lipinski definition) is 3. The average Bonchev–Trinajstić information content (AvgIpc) is 3.73. The van der Waals surface area contributed by atoms with Gasteiger partial charge in [0.1, 0.15) is 19.3 Å². The number of aliphatic hydroxyl groups is 1. The maximum atomic E-state index is 13.0. The van der Waals surface area contributed by atoms with Crippen LogP contribution in [0, 0.1) is 17.8 Å². The fourth-order valence-electron chi connectivity index (χ4n) is 10.7. The number of phosphoric ester groups is 2. The van der Waals surface area contributed by atoms with E-state index in [4.69, 9.17) is 37.0 Å². The van der Waals surface area contributed by atoms with E-state index in [9.17, 15) is 43.2 Å². The molecule has 19 heteroatoms. The van der Waals surface area contributed by atoms with Gasteiger partial charge < -0.3 is 33.8 Å². The summed E-state index contributed by atoms with van der Waals surface area (Å²) in [6, 6.07) is 0. The van der Waals surface area contributed by atoms with Crippen LogP contribution in [0.25, 0.3) is 0 Å². The molecule has 90 heavy (non-hydrogen) atoms. The van der Waals surface area contributed by atoms with Crippen molar-refractivity contribution in [1.29, 1.82) is 0 Å². The van der Waals surface area contributed by atoms with Gasteiger partial charge in [0.15, 0.2) is 12.2 Å². The fraction of sp³-hybridized carbons (Fsp3) is 0.944. The second kappa shape index (κ2) is 61.9. The normalized spacial score (nSPS) is 14.8. The van der Waals surface area contributed by atoms with Gasteiger partial charge in [-0.2, -0.15) is 0 Å². The van der Waals surface area contributed by atoms with Crippen molar-refractivity contribution in [2.24, 2.45) is 17.8 Å². The number of rotatable bonds is 69. The monoisotopic (exact) mass is 1320 g/mol. The summed E-state index contributed by atoms with van der Waals surface area (Å²) < 4.78 is 68.3. The molecule has 0 spiro atoms. The smallest absolute Gasteiger partial charge is 0.462 e. The first-order chi connectivity index (χ1) is 43.3. The average molecular weight is 1330 g/mol. The van der Waals surface area contributed by atoms with Gasteiger partial charge in [-0.25, -0.2) is 9.13 Å². The summed E-state index contributed by atoms with van der Waals surface area (Å²) in [7, 11) is -9.90. The Morgan fingerprint density at radius 3 is 0.844 bits per heavy atom. The quantitative estimate of drug-likeness (QED) is 0.0222. The number of carbonyl (C=O) groups excluding carboxylic acids is 4. The molecule has 0 aliphatic rings. The van der Waals surface area contributed by atoms with E-state index in [-0.39, 0.29) is 25.7 Å². The fourth-order valence-corrected chi connectivity index (χ4v) is 12.2. The Morgan fingerprint density at radius 1 is 0.322 bits per heavy atom. The van der Waals surface area contributed by atoms with Gasteiger partial charge in [0.25, 0.3) is 0 Å². The largest absolute Gasteiger partial charge is 0.472 e. The number of esters is 4. The highest BCUT2D eigenvalue weighted by molar-refractivity contribution is 7.47. The third-order valence-corrected chi connectivity index (χ3v) is 19.0. The van der Waals surface area contributed by atoms with Crippen LogP contribution in [0.15, 0.2) is 0 Å². The highest BCUT2D eigenvalue weighted by Gasteiger charge is 2.30. The summed E-state index contributed by atoms with van der Waals surface area (Å²) in [6.45, 7) is 11.8. The van der Waals surface area contributed by atoms with Crippen LogP contribution in [0.2, 0.25) is 0 Å². The van der Waals surface area contributed by atoms with Crippen LogP contribution in [-0.2, 0) is 65.4 Å². The van der Waals surface area contributed by atoms with E-state index in [0.717, 1.165) is 114 Å². The van der Waals surface area contributed by atoms with Gasteiger partial charge >= 0.3 is 39.5 Å². The van der Waals surface area contributed by atoms with Gasteiger partial charge in [-0.15, -0.1) is 0 Å². The molecule has 0 saturated heterocycles. The summed E-state index contributed by atoms with van der Waals surface area (Å²) in [5.74, 6) is 0.132. The van der Waals surface area contributed by atoms with Crippen molar-refractivity contribution in [3.63, 3.8) is 0 Å². The van der Waals surface area contributed by atoms with Crippen LogP contribution in [0.3, 0.4) is 0 Å². The lowest BCUT2D eigenvalue weighted by molar-refractivity contribution is -0.161. The molecule has 0 saturated carbocycles. The summed E-state index contributed by atoms with van der Waals surface area (Å²) >= 11 is 0. The first kappa shape index (κ1) is 88.1. The van der Waals surface area contributed by atoms with Crippen molar-refractivity contribution in [3.05, 3.63) is 0 Å². The summed E-state index contributed by atoms with van der Waals surface area (Å²) in [5, 5.41) is 10.6. The van der Waals surface area contributed by atoms with E-state index < -0.39 is 97.5 Å². The Morgan fingerprint density at radius 2 is 0.567 bits per heavy atom. The van der Waals surface area contributed by atoms with Gasteiger partial charge in [0, 0.05) is 25.7 Å². The van der Waals surface area contributed by atoms with Crippen LogP contribution in [0.4, 0.5) is 0 Å². The third-order valence-electron chi connectivity index (χ3n) is 17.1. The van der Waals surface area contributed by atoms with Gasteiger partial charge in [-0.3, -0.25) is 37.3 Å². The van der Waals surface area contributed by atoms with Crippen molar-refractivity contribution in [2.75, 3.05) is 39.6 Å². The molecule has 4 unspecified atom stereocenters. The molecule has 3 N–H and O–H groups in total. The van der Waals surface area contributed by atoms with E-state index in [1.165, 1.54) is 161 Å². The zero-order valence-electron chi connectivity index (χ0n) is 58.6. The highest BCUT2D eigenvalue weighted by atomic mass is 31.2. The molecule has 0 radical (unpaired) electrons. The summed E-state index contributed by atoms with van der Waals surface area (Å²) in [4.78, 5) is 72.5. The Labute approximate surface area is 549 Å². The molecule has 0 rings (SSSR count). The first-order valence-corrected chi connectivity index (χ1v) is 39.9. The molecule has 0 fully saturated rings. The molecule has 0 aromatic carbocycles. The predicted molar refractivity (Wildman–Crippen MR) is 363 cm³/mol. The number of hydrogen-bond acceptors (Lipinski definition) is 15. The number of carbonyl (C=O) groups is 4. The minimum Gasteiger partial charge on any atom is -0.462 e. The standard InChI is InChI=1S/C71H138O17P2/c1-8-11-12-13-14-15-22-26-29-38-45-52-68(73)81-58-66(87-70(75)54-47-40-30-27-24-21-19-17-16-18-20-23-25-28-35-42-49-62(4)5)60-85-89(77,78)83-56-65(72)57-84-90(79,80)86-61-67(88-71(76)55-48-41-34-32-37-44-51-64(7)10-3)59-82-69(74)53-46-39-33-31-36-43-50-63(6)9-2/h62-67,72H,8-61H2,1-7H3,(H,77,78)(H,79,80)/t63?,64?,65-,66-,67-/m1/s1. The number of unbranched alkanes of at least 4 members (excludes halogenated alkanes) is 35. The zero-order valence-corrected chi connectivity index (χ0v) is 60.4. The van der Waals surface area contributed by atoms with Gasteiger partial charge in [-0.05, 0) is 43.4 Å². The Kier molecular flexibility index (Phi) is 60.6. The van der Waals surface area contributed by atoms with E-state index in [1.54, 1.807) is 0 Å². The molecule has 534 valence electrons. The molecular formula is C71H138O17P2. The van der Waals surface area contributed by atoms with E-state index in [2.05, 4.69) is 48.5 Å². The molecule has 0 amide bonds. The van der Waals surface area contributed by atoms with Gasteiger partial charge in [0.2, 0.25) is 0 Å². The molecule has 7 atom stereocenters. The molecule has 17 nitrogen and oxygen atoms in total. The van der Waals surface area contributed by atoms with Crippen molar-refractivity contribution in [2.45, 2.75) is 375 Å². The Hall–Kier alpha value is -1.94. The van der Waals surface area contributed by atoms with Crippen LogP contribution in [0.1, 0.15) is 357 Å². The van der Waals surface area contributed by atoms with Crippen molar-refractivity contribution in [1.82, 2.24) is 0 Å². The van der Waals surface area contributed by atoms with Crippen molar-refractivity contribution < 1.29 is 80.2 Å². The molecule has 0 aliphatic heterocycles. The zero-order chi connectivity index (χ0) is 66.6. The Balaban J connectivity index is 5.21. The van der Waals surface area contributed by atoms with E-state index >= 15 is 0 Å². The lowest BCUT2D eigenvalue weighted by Crippen LogP contribution is -2.30. The number of aliphatic hydroxyl groups excluding tert-OH is 1. The minimum absolute atomic E-state index is 0.102. The first-order valence-electron chi connectivity index (χ1n) is 36.9. The topological polar surface area (TPSA) is 237 Å². The minimum atomic E-state index is -4.95. The highest BCUT2D eigenvalue weighted by Crippen LogP contribution is 2.45. The van der Waals surface area contributed by atoms with Crippen LogP contribution >= 0.6 is 15.6 Å². The summed E-state index contributed by atoms with van der Waals surface area (Å²) in [6.07, 6.45) is 45.9. The Bertz CT molecular complexity index is 1770. The molecular weight excluding hydrogens is 1190 g/mol. The van der Waals surface area contributed by atoms with Crippen molar-refractivity contribution in [3.8, 4) is 0 Å². The lowest BCUT2D eigenvalue weighted by atomic mass is 10.00. The third kappa shape index (κ3) is 62.2. The molecule has 0 aromatic heterocycles. The van der Waals surface area contributed by atoms with E-state index in [1.807, 2.05) is 0 Å². The molecule has 0 aliphatic carbocycles. The SMILES string of the molecule is CCCCCCCCCCCCCC(=O)OC[C@H](COP(=O)(O)OC[C@@H](O)COP(=O)(O)OC[C@@H](COC(=O)CCCCCCCCC(C)CC)OC(=O)CCCCCCCCC(C)CC)OC(=O)CCCCCCCCCCCCCCCCCCC(C)C. The number of ether oxygens (including phenoxy) is 4. The maximum Gasteiger partial charge on any atom is 0.472 e. The molecule has 0 aromatic rings. The number of phosphoric acid groups is 2. The molecule has 0 heterocycles. The van der Waals surface area contributed by atoms with Crippen LogP contribution in [0.5, 0.6) is 0 Å². The predicted octanol–water partition coefficient (Wildman–Crippen LogP) is 20.2. The summed E-state index contributed by atoms with van der Waals surface area (Å²) in [5.41, 5.74) is 0. The van der Waals surface area contributed by atoms with Gasteiger partial charge in [0.05, 0.1) is 26.4 Å². The maximum absolute atomic E-state index is 13.0.